The average Bonchev–Trinajstić information content (AvgIpc) is 2.70. The molecule has 0 aliphatic carbocycles. The third-order valence-corrected chi connectivity index (χ3v) is 3.32. The molecule has 0 amide bonds. The Morgan fingerprint density at radius 1 is 1.69 bits per heavy atom. The van der Waals surface area contributed by atoms with Crippen molar-refractivity contribution >= 4 is 11.6 Å². The Morgan fingerprint density at radius 2 is 2.50 bits per heavy atom. The molecule has 0 saturated carbocycles. The van der Waals surface area contributed by atoms with Crippen LogP contribution >= 0.6 is 0 Å². The summed E-state index contributed by atoms with van der Waals surface area (Å²) in [5.41, 5.74) is 6.33. The van der Waals surface area contributed by atoms with Crippen molar-refractivity contribution in [2.75, 3.05) is 18.8 Å². The van der Waals surface area contributed by atoms with E-state index in [1.165, 1.54) is 0 Å². The molecule has 4 nitrogen and oxygen atoms in total. The van der Waals surface area contributed by atoms with Crippen LogP contribution in [0.3, 0.4) is 0 Å². The van der Waals surface area contributed by atoms with Gasteiger partial charge in [0.15, 0.2) is 0 Å². The molecule has 1 aromatic rings. The molecule has 1 aromatic heterocycles. The molecule has 16 heavy (non-hydrogen) atoms. The molecule has 3 N–H and O–H groups in total. The fourth-order valence-corrected chi connectivity index (χ4v) is 2.04. The van der Waals surface area contributed by atoms with Crippen LogP contribution in [0.4, 0.5) is 5.82 Å². The van der Waals surface area contributed by atoms with Gasteiger partial charge in [0, 0.05) is 30.1 Å². The first kappa shape index (κ1) is 11.1. The minimum Gasteiger partial charge on any atom is -0.383 e. The number of carbonyl (C=O) groups is 1. The number of nitrogens with two attached hydrogens (primary N) is 1. The number of nitrogens with one attached hydrogen (secondary N) is 1. The standard InChI is InChI=1S/C12H17N3O/c1-12(4-6-14-8-12)10(16)7-9-3-2-5-15-11(9)13/h2-3,5,14H,4,6-8H2,1H3,(H2,13,15). The minimum absolute atomic E-state index is 0.234. The zero-order chi connectivity index (χ0) is 11.6. The second kappa shape index (κ2) is 4.22. The van der Waals surface area contributed by atoms with Crippen molar-refractivity contribution in [2.24, 2.45) is 5.41 Å². The van der Waals surface area contributed by atoms with Crippen LogP contribution in [0, 0.1) is 5.41 Å². The topological polar surface area (TPSA) is 68.0 Å². The fourth-order valence-electron chi connectivity index (χ4n) is 2.04. The van der Waals surface area contributed by atoms with Crippen molar-refractivity contribution in [3.05, 3.63) is 23.9 Å². The second-order valence-corrected chi connectivity index (χ2v) is 4.64. The van der Waals surface area contributed by atoms with Crippen molar-refractivity contribution in [3.63, 3.8) is 0 Å². The van der Waals surface area contributed by atoms with Gasteiger partial charge in [-0.15, -0.1) is 0 Å². The first-order valence-electron chi connectivity index (χ1n) is 5.55. The molecular weight excluding hydrogens is 202 g/mol. The van der Waals surface area contributed by atoms with Gasteiger partial charge in [-0.05, 0) is 19.0 Å². The molecule has 86 valence electrons. The maximum atomic E-state index is 12.2. The molecule has 4 heteroatoms. The highest BCUT2D eigenvalue weighted by Gasteiger charge is 2.35. The summed E-state index contributed by atoms with van der Waals surface area (Å²) < 4.78 is 0. The smallest absolute Gasteiger partial charge is 0.144 e. The Bertz CT molecular complexity index is 397. The molecule has 1 aliphatic heterocycles. The number of pyridine rings is 1. The van der Waals surface area contributed by atoms with Gasteiger partial charge in [-0.3, -0.25) is 4.79 Å². The molecule has 0 radical (unpaired) electrons. The number of rotatable bonds is 3. The van der Waals surface area contributed by atoms with Gasteiger partial charge in [0.05, 0.1) is 0 Å². The van der Waals surface area contributed by atoms with Crippen molar-refractivity contribution in [1.29, 1.82) is 0 Å². The zero-order valence-corrected chi connectivity index (χ0v) is 9.49. The largest absolute Gasteiger partial charge is 0.383 e. The molecule has 0 aromatic carbocycles. The number of nitrogen functional groups attached to an aromatic ring is 1. The first-order chi connectivity index (χ1) is 7.62. The predicted octanol–water partition coefficient (Wildman–Crippen LogP) is 0.775. The molecule has 1 fully saturated rings. The number of hydrogen-bond donors (Lipinski definition) is 2. The van der Waals surface area contributed by atoms with Gasteiger partial charge in [0.2, 0.25) is 0 Å². The lowest BCUT2D eigenvalue weighted by molar-refractivity contribution is -0.126. The molecule has 0 bridgehead atoms. The monoisotopic (exact) mass is 219 g/mol. The van der Waals surface area contributed by atoms with Crippen molar-refractivity contribution in [3.8, 4) is 0 Å². The summed E-state index contributed by atoms with van der Waals surface area (Å²) >= 11 is 0. The van der Waals surface area contributed by atoms with E-state index in [9.17, 15) is 4.79 Å². The van der Waals surface area contributed by atoms with Crippen LogP contribution in [0.1, 0.15) is 18.9 Å². The molecule has 2 rings (SSSR count). The molecule has 0 spiro atoms. The maximum Gasteiger partial charge on any atom is 0.144 e. The summed E-state index contributed by atoms with van der Waals surface area (Å²) in [5.74, 6) is 0.711. The Kier molecular flexibility index (Phi) is 2.92. The first-order valence-corrected chi connectivity index (χ1v) is 5.55. The maximum absolute atomic E-state index is 12.2. The van der Waals surface area contributed by atoms with E-state index >= 15 is 0 Å². The summed E-state index contributed by atoms with van der Waals surface area (Å²) in [7, 11) is 0. The quantitative estimate of drug-likeness (QED) is 0.788. The number of aromatic nitrogens is 1. The van der Waals surface area contributed by atoms with E-state index < -0.39 is 0 Å². The van der Waals surface area contributed by atoms with E-state index in [0.717, 1.165) is 25.1 Å². The fraction of sp³-hybridized carbons (Fsp3) is 0.500. The normalized spacial score (nSPS) is 24.6. The molecule has 1 unspecified atom stereocenters. The molecule has 1 saturated heterocycles. The summed E-state index contributed by atoms with van der Waals surface area (Å²) in [6, 6.07) is 3.68. The van der Waals surface area contributed by atoms with Gasteiger partial charge >= 0.3 is 0 Å². The number of carbonyl (C=O) groups excluding carboxylic acids is 1. The Balaban J connectivity index is 2.10. The number of Topliss-reactive ketones (excluding diaryl/α,β-unsaturated/α-hetero) is 1. The highest BCUT2D eigenvalue weighted by atomic mass is 16.1. The number of anilines is 1. The van der Waals surface area contributed by atoms with Crippen molar-refractivity contribution in [1.82, 2.24) is 10.3 Å². The lowest BCUT2D eigenvalue weighted by Crippen LogP contribution is -2.31. The molecule has 2 heterocycles. The highest BCUT2D eigenvalue weighted by Crippen LogP contribution is 2.27. The predicted molar refractivity (Wildman–Crippen MR) is 63.0 cm³/mol. The van der Waals surface area contributed by atoms with E-state index in [2.05, 4.69) is 10.3 Å². The van der Waals surface area contributed by atoms with E-state index in [0.29, 0.717) is 12.2 Å². The second-order valence-electron chi connectivity index (χ2n) is 4.64. The average molecular weight is 219 g/mol. The molecule has 1 aliphatic rings. The third-order valence-electron chi connectivity index (χ3n) is 3.32. The minimum atomic E-state index is -0.234. The molecular formula is C12H17N3O. The van der Waals surface area contributed by atoms with Crippen LogP contribution in [0.5, 0.6) is 0 Å². The van der Waals surface area contributed by atoms with Crippen LogP contribution in [0.25, 0.3) is 0 Å². The van der Waals surface area contributed by atoms with Gasteiger partial charge in [-0.2, -0.15) is 0 Å². The van der Waals surface area contributed by atoms with Crippen LogP contribution in [-0.2, 0) is 11.2 Å². The number of hydrogen-bond acceptors (Lipinski definition) is 4. The van der Waals surface area contributed by atoms with Gasteiger partial charge in [-0.25, -0.2) is 4.98 Å². The summed E-state index contributed by atoms with van der Waals surface area (Å²) in [4.78, 5) is 16.2. The Morgan fingerprint density at radius 3 is 3.12 bits per heavy atom. The SMILES string of the molecule is CC1(C(=O)Cc2cccnc2N)CCNC1. The van der Waals surface area contributed by atoms with Crippen molar-refractivity contribution in [2.45, 2.75) is 19.8 Å². The summed E-state index contributed by atoms with van der Waals surface area (Å²) in [6.07, 6.45) is 2.94. The number of ketones is 1. The van der Waals surface area contributed by atoms with Gasteiger partial charge in [-0.1, -0.05) is 13.0 Å². The lowest BCUT2D eigenvalue weighted by Gasteiger charge is -2.20. The van der Waals surface area contributed by atoms with Crippen LogP contribution < -0.4 is 11.1 Å². The van der Waals surface area contributed by atoms with Gasteiger partial charge in [0.1, 0.15) is 11.6 Å². The highest BCUT2D eigenvalue weighted by molar-refractivity contribution is 5.87. The van der Waals surface area contributed by atoms with Crippen molar-refractivity contribution < 1.29 is 4.79 Å². The third kappa shape index (κ3) is 2.07. The van der Waals surface area contributed by atoms with E-state index in [1.54, 1.807) is 6.20 Å². The lowest BCUT2D eigenvalue weighted by atomic mass is 9.82. The summed E-state index contributed by atoms with van der Waals surface area (Å²) in [6.45, 7) is 3.71. The van der Waals surface area contributed by atoms with Crippen LogP contribution in [-0.4, -0.2) is 23.9 Å². The number of nitrogens with zero attached hydrogens (tertiary/aromatic N) is 1. The zero-order valence-electron chi connectivity index (χ0n) is 9.49. The Labute approximate surface area is 95.3 Å². The van der Waals surface area contributed by atoms with Crippen LogP contribution in [0.2, 0.25) is 0 Å². The van der Waals surface area contributed by atoms with E-state index in [4.69, 9.17) is 5.73 Å². The molecule has 1 atom stereocenters. The summed E-state index contributed by atoms with van der Waals surface area (Å²) in [5, 5.41) is 3.23. The van der Waals surface area contributed by atoms with Gasteiger partial charge < -0.3 is 11.1 Å². The Hall–Kier alpha value is -1.42. The van der Waals surface area contributed by atoms with Crippen LogP contribution in [0.15, 0.2) is 18.3 Å². The van der Waals surface area contributed by atoms with Gasteiger partial charge in [0.25, 0.3) is 0 Å². The van der Waals surface area contributed by atoms with E-state index in [-0.39, 0.29) is 11.2 Å². The van der Waals surface area contributed by atoms with E-state index in [1.807, 2.05) is 19.1 Å².